The van der Waals surface area contributed by atoms with E-state index in [-0.39, 0.29) is 11.3 Å². The molecule has 9 aromatic rings. The molecular weight excluding hydrogens is 671 g/mol. The molecule has 3 heterocycles. The smallest absolute Gasteiger partial charge is 0.231 e. The van der Waals surface area contributed by atoms with Crippen LogP contribution < -0.4 is 0 Å². The van der Waals surface area contributed by atoms with Gasteiger partial charge in [-0.2, -0.15) is 4.98 Å². The third-order valence-corrected chi connectivity index (χ3v) is 12.4. The van der Waals surface area contributed by atoms with Gasteiger partial charge in [-0.05, 0) is 80.9 Å². The van der Waals surface area contributed by atoms with Crippen molar-refractivity contribution in [2.75, 3.05) is 0 Å². The summed E-state index contributed by atoms with van der Waals surface area (Å²) in [6.45, 7) is 4.79. The molecule has 0 spiro atoms. The Labute approximate surface area is 318 Å². The highest BCUT2D eigenvalue weighted by atomic mass is 16.3. The third-order valence-electron chi connectivity index (χ3n) is 12.4. The standard InChI is InChI=1S/C51H35N3O/c1-51(2)41-29-44-40(28-39(41)36-25-24-30-14-6-7-17-32(30)47(36)51)35-20-10-12-22-42(35)54(44)43-27-26-37(33-18-8-9-19-34(33)43)48-46-38-21-11-13-23-45(38)55-50(46)53-49(52-48)31-15-4-3-5-16-31/h3-17,19-29,33H,18H2,1-2H3. The monoisotopic (exact) mass is 705 g/mol. The minimum atomic E-state index is -0.160. The largest absolute Gasteiger partial charge is 0.438 e. The fourth-order valence-corrected chi connectivity index (χ4v) is 9.88. The van der Waals surface area contributed by atoms with Gasteiger partial charge in [0.25, 0.3) is 0 Å². The fourth-order valence-electron chi connectivity index (χ4n) is 9.88. The van der Waals surface area contributed by atoms with E-state index in [1.165, 1.54) is 71.7 Å². The molecule has 0 saturated heterocycles. The number of benzene rings is 6. The van der Waals surface area contributed by atoms with E-state index >= 15 is 0 Å². The van der Waals surface area contributed by atoms with Gasteiger partial charge in [-0.3, -0.25) is 0 Å². The molecule has 1 unspecified atom stereocenters. The number of hydrogen-bond acceptors (Lipinski definition) is 3. The highest BCUT2D eigenvalue weighted by Gasteiger charge is 2.38. The minimum absolute atomic E-state index is 0.0954. The van der Waals surface area contributed by atoms with Gasteiger partial charge in [-0.25, -0.2) is 4.98 Å². The Morgan fingerprint density at radius 2 is 1.44 bits per heavy atom. The molecule has 3 aliphatic carbocycles. The Bertz CT molecular complexity index is 3260. The van der Waals surface area contributed by atoms with Crippen LogP contribution in [0.2, 0.25) is 0 Å². The van der Waals surface area contributed by atoms with Crippen molar-refractivity contribution in [3.05, 3.63) is 180 Å². The zero-order valence-electron chi connectivity index (χ0n) is 30.5. The molecule has 0 radical (unpaired) electrons. The average molecular weight is 706 g/mol. The molecule has 0 N–H and O–H groups in total. The van der Waals surface area contributed by atoms with Gasteiger partial charge in [0, 0.05) is 33.1 Å². The predicted octanol–water partition coefficient (Wildman–Crippen LogP) is 13.1. The van der Waals surface area contributed by atoms with Crippen LogP contribution in [0.15, 0.2) is 168 Å². The molecule has 260 valence electrons. The molecule has 0 amide bonds. The van der Waals surface area contributed by atoms with Crippen molar-refractivity contribution in [3.8, 4) is 22.5 Å². The quantitative estimate of drug-likeness (QED) is 0.184. The van der Waals surface area contributed by atoms with Gasteiger partial charge in [0.2, 0.25) is 5.71 Å². The normalized spacial score (nSPS) is 17.1. The molecule has 4 heteroatoms. The molecule has 0 bridgehead atoms. The Hall–Kier alpha value is -6.78. The van der Waals surface area contributed by atoms with Gasteiger partial charge in [0.05, 0.1) is 27.8 Å². The van der Waals surface area contributed by atoms with E-state index in [1.54, 1.807) is 0 Å². The Morgan fingerprint density at radius 1 is 0.655 bits per heavy atom. The van der Waals surface area contributed by atoms with Crippen LogP contribution in [0.5, 0.6) is 0 Å². The van der Waals surface area contributed by atoms with Crippen molar-refractivity contribution in [3.63, 3.8) is 0 Å². The molecule has 6 aromatic carbocycles. The third kappa shape index (κ3) is 4.22. The number of nitrogens with zero attached hydrogens (tertiary/aromatic N) is 3. The second kappa shape index (κ2) is 11.1. The fraction of sp³-hybridized carbons (Fsp3) is 0.0980. The van der Waals surface area contributed by atoms with Crippen LogP contribution in [-0.2, 0) is 5.41 Å². The van der Waals surface area contributed by atoms with E-state index in [4.69, 9.17) is 14.4 Å². The summed E-state index contributed by atoms with van der Waals surface area (Å²) in [5.74, 6) is 0.764. The summed E-state index contributed by atoms with van der Waals surface area (Å²) in [7, 11) is 0. The summed E-state index contributed by atoms with van der Waals surface area (Å²) in [6, 6.07) is 45.8. The lowest BCUT2D eigenvalue weighted by molar-refractivity contribution is 0.653. The summed E-state index contributed by atoms with van der Waals surface area (Å²) in [6.07, 6.45) is 12.3. The molecule has 55 heavy (non-hydrogen) atoms. The zero-order valence-corrected chi connectivity index (χ0v) is 30.5. The molecule has 0 aliphatic heterocycles. The number of furan rings is 1. The molecule has 4 nitrogen and oxygen atoms in total. The Morgan fingerprint density at radius 3 is 2.33 bits per heavy atom. The van der Waals surface area contributed by atoms with E-state index in [2.05, 4.69) is 146 Å². The molecule has 0 fully saturated rings. The van der Waals surface area contributed by atoms with Crippen LogP contribution >= 0.6 is 0 Å². The maximum absolute atomic E-state index is 6.43. The minimum Gasteiger partial charge on any atom is -0.438 e. The highest BCUT2D eigenvalue weighted by Crippen LogP contribution is 2.54. The van der Waals surface area contributed by atoms with Crippen LogP contribution in [0.4, 0.5) is 0 Å². The first-order chi connectivity index (χ1) is 27.0. The van der Waals surface area contributed by atoms with Gasteiger partial charge in [-0.1, -0.05) is 141 Å². The highest BCUT2D eigenvalue weighted by molar-refractivity contribution is 6.15. The second-order valence-corrected chi connectivity index (χ2v) is 15.7. The summed E-state index contributed by atoms with van der Waals surface area (Å²) >= 11 is 0. The van der Waals surface area contributed by atoms with Crippen molar-refractivity contribution in [2.45, 2.75) is 25.7 Å². The van der Waals surface area contributed by atoms with E-state index in [9.17, 15) is 0 Å². The Kier molecular flexibility index (Phi) is 6.20. The van der Waals surface area contributed by atoms with Crippen LogP contribution in [0.3, 0.4) is 0 Å². The molecular formula is C51H35N3O. The van der Waals surface area contributed by atoms with Crippen LogP contribution in [0.1, 0.15) is 37.1 Å². The maximum Gasteiger partial charge on any atom is 0.231 e. The van der Waals surface area contributed by atoms with E-state index < -0.39 is 0 Å². The first-order valence-corrected chi connectivity index (χ1v) is 19.2. The number of aromatic nitrogens is 3. The van der Waals surface area contributed by atoms with E-state index in [0.29, 0.717) is 11.5 Å². The number of fused-ring (bicyclic) bond motifs is 12. The molecule has 12 rings (SSSR count). The average Bonchev–Trinajstić information content (AvgIpc) is 3.85. The van der Waals surface area contributed by atoms with Crippen molar-refractivity contribution in [2.24, 2.45) is 5.92 Å². The number of para-hydroxylation sites is 2. The first kappa shape index (κ1) is 30.7. The molecule has 3 aromatic heterocycles. The molecule has 0 saturated carbocycles. The first-order valence-electron chi connectivity index (χ1n) is 19.2. The van der Waals surface area contributed by atoms with Crippen molar-refractivity contribution in [1.29, 1.82) is 0 Å². The van der Waals surface area contributed by atoms with E-state index in [0.717, 1.165) is 34.0 Å². The summed E-state index contributed by atoms with van der Waals surface area (Å²) in [5, 5.41) is 7.18. The summed E-state index contributed by atoms with van der Waals surface area (Å²) in [5.41, 5.74) is 14.8. The lowest BCUT2D eigenvalue weighted by Crippen LogP contribution is -2.18. The van der Waals surface area contributed by atoms with Gasteiger partial charge < -0.3 is 8.98 Å². The van der Waals surface area contributed by atoms with Crippen molar-refractivity contribution in [1.82, 2.24) is 14.5 Å². The van der Waals surface area contributed by atoms with E-state index in [1.807, 2.05) is 30.3 Å². The zero-order chi connectivity index (χ0) is 36.4. The maximum atomic E-state index is 6.43. The number of hydrogen-bond donors (Lipinski definition) is 0. The summed E-state index contributed by atoms with van der Waals surface area (Å²) < 4.78 is 8.95. The lowest BCUT2D eigenvalue weighted by Gasteiger charge is -2.31. The van der Waals surface area contributed by atoms with Gasteiger partial charge in [-0.15, -0.1) is 0 Å². The van der Waals surface area contributed by atoms with Crippen LogP contribution in [0, 0.1) is 5.92 Å². The van der Waals surface area contributed by atoms with Crippen LogP contribution in [-0.4, -0.2) is 14.5 Å². The Balaban J connectivity index is 1.11. The molecule has 1 atom stereocenters. The SMILES string of the molecule is CC1(C)c2cc3c(cc2-c2ccc4ccccc4c21)c1ccccc1n3C1=CC=C(c2nc(-c3ccccc3)nc3oc4ccccc4c23)C2CC=CC=C12. The van der Waals surface area contributed by atoms with Crippen molar-refractivity contribution >= 4 is 65.9 Å². The predicted molar refractivity (Wildman–Crippen MR) is 227 cm³/mol. The second-order valence-electron chi connectivity index (χ2n) is 15.7. The van der Waals surface area contributed by atoms with Crippen LogP contribution in [0.25, 0.3) is 88.4 Å². The number of allylic oxidation sites excluding steroid dienone is 8. The lowest BCUT2D eigenvalue weighted by atomic mass is 9.78. The molecule has 3 aliphatic rings. The van der Waals surface area contributed by atoms with Gasteiger partial charge in [0.1, 0.15) is 5.58 Å². The summed E-state index contributed by atoms with van der Waals surface area (Å²) in [4.78, 5) is 10.4. The van der Waals surface area contributed by atoms with Crippen molar-refractivity contribution < 1.29 is 4.42 Å². The van der Waals surface area contributed by atoms with Gasteiger partial charge >= 0.3 is 0 Å². The topological polar surface area (TPSA) is 43.9 Å². The number of rotatable bonds is 3. The van der Waals surface area contributed by atoms with Gasteiger partial charge in [0.15, 0.2) is 5.82 Å².